The molecular weight excluding hydrogens is 250 g/mol. The highest BCUT2D eigenvalue weighted by Gasteiger charge is 2.06. The molecule has 0 bridgehead atoms. The van der Waals surface area contributed by atoms with Crippen molar-refractivity contribution < 1.29 is 9.84 Å². The maximum atomic E-state index is 9.62. The quantitative estimate of drug-likeness (QED) is 0.908. The molecule has 1 atom stereocenters. The molecule has 0 amide bonds. The van der Waals surface area contributed by atoms with Gasteiger partial charge in [0.25, 0.3) is 0 Å². The summed E-state index contributed by atoms with van der Waals surface area (Å²) in [6, 6.07) is 10.7. The average molecular weight is 264 g/mol. The highest BCUT2D eigenvalue weighted by Crippen LogP contribution is 2.23. The van der Waals surface area contributed by atoms with Crippen molar-refractivity contribution in [3.63, 3.8) is 0 Å². The smallest absolute Gasteiger partial charge is 0.145 e. The fourth-order valence-corrected chi connectivity index (χ4v) is 1.62. The highest BCUT2D eigenvalue weighted by atomic mass is 35.5. The van der Waals surface area contributed by atoms with Crippen molar-refractivity contribution in [2.75, 3.05) is 0 Å². The lowest BCUT2D eigenvalue weighted by molar-refractivity contribution is 0.169. The van der Waals surface area contributed by atoms with Crippen LogP contribution in [0, 0.1) is 0 Å². The van der Waals surface area contributed by atoms with E-state index in [1.54, 1.807) is 42.6 Å². The predicted octanol–water partition coefficient (Wildman–Crippen LogP) is 3.97. The Bertz CT molecular complexity index is 496. The highest BCUT2D eigenvalue weighted by molar-refractivity contribution is 6.30. The first-order valence-corrected chi connectivity index (χ1v) is 6.14. The van der Waals surface area contributed by atoms with Crippen molar-refractivity contribution >= 4 is 11.6 Å². The Labute approximate surface area is 111 Å². The van der Waals surface area contributed by atoms with Gasteiger partial charge >= 0.3 is 0 Å². The zero-order valence-corrected chi connectivity index (χ0v) is 10.8. The summed E-state index contributed by atoms with van der Waals surface area (Å²) in [5, 5.41) is 10.3. The van der Waals surface area contributed by atoms with Crippen molar-refractivity contribution in [3.8, 4) is 11.5 Å². The van der Waals surface area contributed by atoms with Crippen LogP contribution in [-0.4, -0.2) is 10.1 Å². The molecule has 0 radical (unpaired) electrons. The molecule has 94 valence electrons. The molecule has 1 aromatic carbocycles. The maximum absolute atomic E-state index is 9.62. The van der Waals surface area contributed by atoms with E-state index in [4.69, 9.17) is 16.3 Å². The van der Waals surface area contributed by atoms with E-state index in [9.17, 15) is 5.11 Å². The summed E-state index contributed by atoms with van der Waals surface area (Å²) in [6.45, 7) is 1.91. The van der Waals surface area contributed by atoms with Crippen LogP contribution in [-0.2, 0) is 0 Å². The standard InChI is InChI=1S/C14H14ClNO2/c1-2-14(17)13-8-7-12(9-16-13)18-11-5-3-10(15)4-6-11/h3-9,14,17H,2H2,1H3. The molecule has 0 fully saturated rings. The number of hydrogen-bond donors (Lipinski definition) is 1. The zero-order valence-electron chi connectivity index (χ0n) is 10.0. The van der Waals surface area contributed by atoms with Crippen LogP contribution < -0.4 is 4.74 Å². The van der Waals surface area contributed by atoms with Crippen LogP contribution in [0.4, 0.5) is 0 Å². The number of benzene rings is 1. The summed E-state index contributed by atoms with van der Waals surface area (Å²) >= 11 is 5.79. The first kappa shape index (κ1) is 12.9. The number of halogens is 1. The van der Waals surface area contributed by atoms with Gasteiger partial charge in [-0.1, -0.05) is 18.5 Å². The van der Waals surface area contributed by atoms with Gasteiger partial charge in [-0.05, 0) is 42.8 Å². The first-order valence-electron chi connectivity index (χ1n) is 5.76. The van der Waals surface area contributed by atoms with E-state index in [1.165, 1.54) is 0 Å². The van der Waals surface area contributed by atoms with E-state index in [0.717, 1.165) is 0 Å². The molecule has 0 aliphatic rings. The normalized spacial score (nSPS) is 12.2. The number of ether oxygens (including phenoxy) is 1. The predicted molar refractivity (Wildman–Crippen MR) is 71.0 cm³/mol. The Morgan fingerprint density at radius 2 is 1.83 bits per heavy atom. The molecule has 2 rings (SSSR count). The third kappa shape index (κ3) is 3.22. The zero-order chi connectivity index (χ0) is 13.0. The number of rotatable bonds is 4. The number of pyridine rings is 1. The van der Waals surface area contributed by atoms with Gasteiger partial charge in [0.2, 0.25) is 0 Å². The van der Waals surface area contributed by atoms with E-state index in [0.29, 0.717) is 28.6 Å². The molecule has 0 spiro atoms. The van der Waals surface area contributed by atoms with E-state index < -0.39 is 6.10 Å². The van der Waals surface area contributed by atoms with Gasteiger partial charge in [0.1, 0.15) is 11.5 Å². The molecule has 18 heavy (non-hydrogen) atoms. The second-order valence-corrected chi connectivity index (χ2v) is 4.34. The van der Waals surface area contributed by atoms with Crippen molar-refractivity contribution in [1.29, 1.82) is 0 Å². The van der Waals surface area contributed by atoms with Gasteiger partial charge < -0.3 is 9.84 Å². The third-order valence-corrected chi connectivity index (χ3v) is 2.79. The van der Waals surface area contributed by atoms with Gasteiger partial charge in [0.05, 0.1) is 18.0 Å². The minimum absolute atomic E-state index is 0.519. The number of aromatic nitrogens is 1. The topological polar surface area (TPSA) is 42.4 Å². The number of aliphatic hydroxyl groups is 1. The van der Waals surface area contributed by atoms with Crippen LogP contribution in [0.15, 0.2) is 42.6 Å². The maximum Gasteiger partial charge on any atom is 0.145 e. The van der Waals surface area contributed by atoms with Crippen LogP contribution in [0.1, 0.15) is 25.1 Å². The molecule has 3 nitrogen and oxygen atoms in total. The van der Waals surface area contributed by atoms with Gasteiger partial charge in [-0.2, -0.15) is 0 Å². The van der Waals surface area contributed by atoms with Crippen molar-refractivity contribution in [2.24, 2.45) is 0 Å². The Morgan fingerprint density at radius 1 is 1.17 bits per heavy atom. The van der Waals surface area contributed by atoms with Crippen LogP contribution >= 0.6 is 11.6 Å². The fraction of sp³-hybridized carbons (Fsp3) is 0.214. The first-order chi connectivity index (χ1) is 8.69. The summed E-state index contributed by atoms with van der Waals surface area (Å²) in [5.41, 5.74) is 0.654. The molecular formula is C14H14ClNO2. The summed E-state index contributed by atoms with van der Waals surface area (Å²) in [4.78, 5) is 4.16. The van der Waals surface area contributed by atoms with Gasteiger partial charge in [0, 0.05) is 5.02 Å². The van der Waals surface area contributed by atoms with Crippen LogP contribution in [0.25, 0.3) is 0 Å². The van der Waals surface area contributed by atoms with Gasteiger partial charge in [-0.15, -0.1) is 0 Å². The lowest BCUT2D eigenvalue weighted by Crippen LogP contribution is -1.98. The minimum Gasteiger partial charge on any atom is -0.456 e. The van der Waals surface area contributed by atoms with Crippen LogP contribution in [0.5, 0.6) is 11.5 Å². The molecule has 2 aromatic rings. The summed E-state index contributed by atoms with van der Waals surface area (Å²) in [7, 11) is 0. The third-order valence-electron chi connectivity index (χ3n) is 2.54. The second-order valence-electron chi connectivity index (χ2n) is 3.90. The molecule has 0 aliphatic heterocycles. The number of aliphatic hydroxyl groups excluding tert-OH is 1. The van der Waals surface area contributed by atoms with Gasteiger partial charge in [-0.3, -0.25) is 4.98 Å². The largest absolute Gasteiger partial charge is 0.456 e. The van der Waals surface area contributed by atoms with Crippen LogP contribution in [0.3, 0.4) is 0 Å². The number of hydrogen-bond acceptors (Lipinski definition) is 3. The molecule has 0 saturated carbocycles. The molecule has 1 N–H and O–H groups in total. The lowest BCUT2D eigenvalue weighted by atomic mass is 10.2. The Kier molecular flexibility index (Phi) is 4.18. The molecule has 1 aromatic heterocycles. The Balaban J connectivity index is 2.08. The lowest BCUT2D eigenvalue weighted by Gasteiger charge is -2.09. The van der Waals surface area contributed by atoms with Gasteiger partial charge in [-0.25, -0.2) is 0 Å². The van der Waals surface area contributed by atoms with Crippen molar-refractivity contribution in [1.82, 2.24) is 4.98 Å². The van der Waals surface area contributed by atoms with E-state index in [-0.39, 0.29) is 0 Å². The minimum atomic E-state index is -0.519. The fourth-order valence-electron chi connectivity index (χ4n) is 1.50. The summed E-state index contributed by atoms with van der Waals surface area (Å²) in [6.07, 6.45) is 1.72. The van der Waals surface area contributed by atoms with E-state index in [2.05, 4.69) is 4.98 Å². The average Bonchev–Trinajstić information content (AvgIpc) is 2.41. The van der Waals surface area contributed by atoms with Crippen molar-refractivity contribution in [3.05, 3.63) is 53.3 Å². The Hall–Kier alpha value is -1.58. The number of nitrogens with zero attached hydrogens (tertiary/aromatic N) is 1. The molecule has 1 heterocycles. The molecule has 0 aliphatic carbocycles. The van der Waals surface area contributed by atoms with Crippen LogP contribution in [0.2, 0.25) is 5.02 Å². The Morgan fingerprint density at radius 3 is 2.39 bits per heavy atom. The summed E-state index contributed by atoms with van der Waals surface area (Å²) < 4.78 is 5.60. The molecule has 1 unspecified atom stereocenters. The molecule has 4 heteroatoms. The second kappa shape index (κ2) is 5.85. The monoisotopic (exact) mass is 263 g/mol. The molecule has 0 saturated heterocycles. The van der Waals surface area contributed by atoms with Gasteiger partial charge in [0.15, 0.2) is 0 Å². The summed E-state index contributed by atoms with van der Waals surface area (Å²) in [5.74, 6) is 1.33. The van der Waals surface area contributed by atoms with Crippen molar-refractivity contribution in [2.45, 2.75) is 19.4 Å². The SMILES string of the molecule is CCC(O)c1ccc(Oc2ccc(Cl)cc2)cn1. The van der Waals surface area contributed by atoms with E-state index >= 15 is 0 Å². The van der Waals surface area contributed by atoms with E-state index in [1.807, 2.05) is 6.92 Å².